The molecule has 0 amide bonds. The first-order valence-corrected chi connectivity index (χ1v) is 4.28. The molecule has 0 heterocycles. The van der Waals surface area contributed by atoms with E-state index in [1.165, 1.54) is 0 Å². The van der Waals surface area contributed by atoms with Crippen molar-refractivity contribution in [2.24, 2.45) is 5.41 Å². The van der Waals surface area contributed by atoms with Gasteiger partial charge in [0, 0.05) is 0 Å². The summed E-state index contributed by atoms with van der Waals surface area (Å²) in [5.74, 6) is -0.137. The van der Waals surface area contributed by atoms with Gasteiger partial charge in [-0.25, -0.2) is 0 Å². The van der Waals surface area contributed by atoms with E-state index in [1.807, 2.05) is 0 Å². The molecule has 0 aliphatic heterocycles. The normalized spacial score (nSPS) is 10.9. The monoisotopic (exact) mass is 170 g/mol. The van der Waals surface area contributed by atoms with Crippen LogP contribution in [0.2, 0.25) is 0 Å². The predicted molar refractivity (Wildman–Crippen MR) is 49.8 cm³/mol. The van der Waals surface area contributed by atoms with Gasteiger partial charge in [0.2, 0.25) is 0 Å². The van der Waals surface area contributed by atoms with Gasteiger partial charge in [-0.2, -0.15) is 0 Å². The van der Waals surface area contributed by atoms with Crippen molar-refractivity contribution in [1.82, 2.24) is 0 Å². The molecule has 0 rings (SSSR count). The fraction of sp³-hybridized carbons (Fsp3) is 0.700. The van der Waals surface area contributed by atoms with Crippen molar-refractivity contribution in [2.75, 3.05) is 6.61 Å². The number of carbonyl (C=O) groups excluding carboxylic acids is 1. The highest BCUT2D eigenvalue weighted by Crippen LogP contribution is 2.24. The zero-order valence-electron chi connectivity index (χ0n) is 8.22. The summed E-state index contributed by atoms with van der Waals surface area (Å²) in [7, 11) is 0. The van der Waals surface area contributed by atoms with Crippen LogP contribution in [0.15, 0.2) is 12.7 Å². The Morgan fingerprint density at radius 3 is 2.58 bits per heavy atom. The van der Waals surface area contributed by atoms with Crippen molar-refractivity contribution in [1.29, 1.82) is 0 Å². The van der Waals surface area contributed by atoms with Crippen LogP contribution in [0.3, 0.4) is 0 Å². The smallest absolute Gasteiger partial charge is 0.306 e. The molecule has 0 radical (unpaired) electrons. The Labute approximate surface area is 74.6 Å². The predicted octanol–water partition coefficient (Wildman–Crippen LogP) is 2.54. The first-order chi connectivity index (χ1) is 5.52. The van der Waals surface area contributed by atoms with Gasteiger partial charge in [-0.1, -0.05) is 39.8 Å². The number of esters is 1. The zero-order chi connectivity index (χ0) is 9.61. The van der Waals surface area contributed by atoms with E-state index < -0.39 is 0 Å². The molecule has 0 bridgehead atoms. The summed E-state index contributed by atoms with van der Waals surface area (Å²) in [6, 6.07) is 0. The molecular weight excluding hydrogens is 152 g/mol. The standard InChI is InChI=1S/C10H18O2/c1-5-7-12-9(11)8-10(3,4)6-2/h5H,1,6-8H2,2-4H3. The summed E-state index contributed by atoms with van der Waals surface area (Å²) in [6.07, 6.45) is 3.05. The quantitative estimate of drug-likeness (QED) is 0.468. The summed E-state index contributed by atoms with van der Waals surface area (Å²) >= 11 is 0. The van der Waals surface area contributed by atoms with Crippen LogP contribution in [0.25, 0.3) is 0 Å². The Kier molecular flexibility index (Phi) is 4.64. The maximum atomic E-state index is 11.1. The molecule has 70 valence electrons. The molecule has 0 atom stereocenters. The molecule has 0 fully saturated rings. The number of ether oxygens (including phenoxy) is 1. The molecule has 0 saturated carbocycles. The van der Waals surface area contributed by atoms with Crippen LogP contribution < -0.4 is 0 Å². The van der Waals surface area contributed by atoms with Crippen LogP contribution in [0, 0.1) is 5.41 Å². The minimum Gasteiger partial charge on any atom is -0.461 e. The van der Waals surface area contributed by atoms with Crippen LogP contribution in [0.5, 0.6) is 0 Å². The first kappa shape index (κ1) is 11.2. The number of rotatable bonds is 5. The van der Waals surface area contributed by atoms with Crippen molar-refractivity contribution in [3.05, 3.63) is 12.7 Å². The highest BCUT2D eigenvalue weighted by molar-refractivity contribution is 5.70. The minimum atomic E-state index is -0.137. The first-order valence-electron chi connectivity index (χ1n) is 4.28. The maximum absolute atomic E-state index is 11.1. The van der Waals surface area contributed by atoms with Gasteiger partial charge in [-0.05, 0) is 5.41 Å². The van der Waals surface area contributed by atoms with Gasteiger partial charge >= 0.3 is 5.97 Å². The molecule has 0 unspecified atom stereocenters. The highest BCUT2D eigenvalue weighted by atomic mass is 16.5. The van der Waals surface area contributed by atoms with E-state index in [0.29, 0.717) is 13.0 Å². The van der Waals surface area contributed by atoms with Gasteiger partial charge in [-0.15, -0.1) is 0 Å². The van der Waals surface area contributed by atoms with E-state index in [2.05, 4.69) is 27.4 Å². The van der Waals surface area contributed by atoms with Gasteiger partial charge in [0.15, 0.2) is 0 Å². The van der Waals surface area contributed by atoms with Gasteiger partial charge in [-0.3, -0.25) is 4.79 Å². The molecule has 0 aromatic rings. The lowest BCUT2D eigenvalue weighted by atomic mass is 9.87. The summed E-state index contributed by atoms with van der Waals surface area (Å²) in [5, 5.41) is 0. The van der Waals surface area contributed by atoms with Crippen LogP contribution in [0.1, 0.15) is 33.6 Å². The number of hydrogen-bond acceptors (Lipinski definition) is 2. The average Bonchev–Trinajstić information content (AvgIpc) is 2.00. The third kappa shape index (κ3) is 4.94. The van der Waals surface area contributed by atoms with E-state index in [4.69, 9.17) is 4.74 Å². The second kappa shape index (κ2) is 4.96. The van der Waals surface area contributed by atoms with E-state index in [-0.39, 0.29) is 11.4 Å². The summed E-state index contributed by atoms with van der Waals surface area (Å²) in [5.41, 5.74) is 0.0538. The molecular formula is C10H18O2. The van der Waals surface area contributed by atoms with Gasteiger partial charge in [0.25, 0.3) is 0 Å². The molecule has 0 N–H and O–H groups in total. The highest BCUT2D eigenvalue weighted by Gasteiger charge is 2.20. The van der Waals surface area contributed by atoms with Crippen molar-refractivity contribution < 1.29 is 9.53 Å². The lowest BCUT2D eigenvalue weighted by Gasteiger charge is -2.20. The molecule has 0 spiro atoms. The van der Waals surface area contributed by atoms with E-state index in [9.17, 15) is 4.79 Å². The zero-order valence-corrected chi connectivity index (χ0v) is 8.22. The fourth-order valence-corrected chi connectivity index (χ4v) is 0.719. The third-order valence-electron chi connectivity index (χ3n) is 1.94. The van der Waals surface area contributed by atoms with E-state index in [0.717, 1.165) is 6.42 Å². The van der Waals surface area contributed by atoms with Crippen LogP contribution >= 0.6 is 0 Å². The summed E-state index contributed by atoms with van der Waals surface area (Å²) < 4.78 is 4.87. The molecule has 0 aliphatic rings. The third-order valence-corrected chi connectivity index (χ3v) is 1.94. The topological polar surface area (TPSA) is 26.3 Å². The Morgan fingerprint density at radius 1 is 1.58 bits per heavy atom. The summed E-state index contributed by atoms with van der Waals surface area (Å²) in [4.78, 5) is 11.1. The van der Waals surface area contributed by atoms with Crippen LogP contribution in [0.4, 0.5) is 0 Å². The lowest BCUT2D eigenvalue weighted by molar-refractivity contribution is -0.144. The van der Waals surface area contributed by atoms with E-state index >= 15 is 0 Å². The molecule has 0 aliphatic carbocycles. The molecule has 2 nitrogen and oxygen atoms in total. The minimum absolute atomic E-state index is 0.0538. The van der Waals surface area contributed by atoms with Gasteiger partial charge in [0.1, 0.15) is 6.61 Å². The molecule has 0 saturated heterocycles. The SMILES string of the molecule is C=CCOC(=O)CC(C)(C)CC. The summed E-state index contributed by atoms with van der Waals surface area (Å²) in [6.45, 7) is 9.98. The Morgan fingerprint density at radius 2 is 2.17 bits per heavy atom. The van der Waals surface area contributed by atoms with Crippen molar-refractivity contribution >= 4 is 5.97 Å². The fourth-order valence-electron chi connectivity index (χ4n) is 0.719. The lowest BCUT2D eigenvalue weighted by Crippen LogP contribution is -2.17. The largest absolute Gasteiger partial charge is 0.461 e. The van der Waals surface area contributed by atoms with E-state index in [1.54, 1.807) is 6.08 Å². The Bertz CT molecular complexity index is 159. The van der Waals surface area contributed by atoms with Gasteiger partial charge < -0.3 is 4.74 Å². The van der Waals surface area contributed by atoms with Crippen LogP contribution in [-0.4, -0.2) is 12.6 Å². The Balaban J connectivity index is 3.75. The molecule has 2 heteroatoms. The Hall–Kier alpha value is -0.790. The number of carbonyl (C=O) groups is 1. The second-order valence-electron chi connectivity index (χ2n) is 3.67. The number of hydrogen-bond donors (Lipinski definition) is 0. The molecule has 0 aromatic carbocycles. The second-order valence-corrected chi connectivity index (χ2v) is 3.67. The van der Waals surface area contributed by atoms with Crippen molar-refractivity contribution in [3.8, 4) is 0 Å². The van der Waals surface area contributed by atoms with Crippen molar-refractivity contribution in [2.45, 2.75) is 33.6 Å². The van der Waals surface area contributed by atoms with Gasteiger partial charge in [0.05, 0.1) is 6.42 Å². The molecule has 12 heavy (non-hydrogen) atoms. The van der Waals surface area contributed by atoms with Crippen molar-refractivity contribution in [3.63, 3.8) is 0 Å². The average molecular weight is 170 g/mol. The maximum Gasteiger partial charge on any atom is 0.306 e. The molecule has 0 aromatic heterocycles. The van der Waals surface area contributed by atoms with Crippen LogP contribution in [-0.2, 0) is 9.53 Å².